The van der Waals surface area contributed by atoms with Crippen LogP contribution < -0.4 is 5.32 Å². The fraction of sp³-hybridized carbons (Fsp3) is 0.438. The molecule has 3 aromatic rings. The van der Waals surface area contributed by atoms with E-state index in [2.05, 4.69) is 75.9 Å². The normalized spacial score (nSPS) is 14.7. The van der Waals surface area contributed by atoms with Crippen molar-refractivity contribution in [2.24, 2.45) is 5.92 Å². The van der Waals surface area contributed by atoms with E-state index in [0.29, 0.717) is 18.9 Å². The predicted octanol–water partition coefficient (Wildman–Crippen LogP) is 6.58. The fourth-order valence-electron chi connectivity index (χ4n) is 5.40. The van der Waals surface area contributed by atoms with E-state index < -0.39 is 0 Å². The van der Waals surface area contributed by atoms with Gasteiger partial charge in [-0.25, -0.2) is 0 Å². The summed E-state index contributed by atoms with van der Waals surface area (Å²) < 4.78 is 0. The number of rotatable bonds is 13. The molecule has 2 heterocycles. The van der Waals surface area contributed by atoms with E-state index >= 15 is 0 Å². The number of carbonyl (C=O) groups is 1. The highest BCUT2D eigenvalue weighted by Crippen LogP contribution is 2.33. The summed E-state index contributed by atoms with van der Waals surface area (Å²) in [5.41, 5.74) is 3.77. The molecule has 190 valence electrons. The lowest BCUT2D eigenvalue weighted by molar-refractivity contribution is -0.121. The quantitative estimate of drug-likeness (QED) is 0.279. The molecule has 1 aromatic heterocycles. The van der Waals surface area contributed by atoms with Gasteiger partial charge in [0.1, 0.15) is 0 Å². The highest BCUT2D eigenvalue weighted by molar-refractivity contribution is 5.76. The average molecular weight is 484 g/mol. The number of hydrogen-bond acceptors (Lipinski definition) is 3. The van der Waals surface area contributed by atoms with E-state index in [4.69, 9.17) is 0 Å². The third-order valence-electron chi connectivity index (χ3n) is 7.44. The largest absolute Gasteiger partial charge is 0.356 e. The number of nitrogens with one attached hydrogen (secondary N) is 1. The molecule has 36 heavy (non-hydrogen) atoms. The van der Waals surface area contributed by atoms with E-state index in [9.17, 15) is 4.79 Å². The van der Waals surface area contributed by atoms with E-state index in [1.165, 1.54) is 62.7 Å². The number of benzene rings is 2. The number of aromatic nitrogens is 1. The van der Waals surface area contributed by atoms with Gasteiger partial charge in [-0.3, -0.25) is 14.7 Å². The van der Waals surface area contributed by atoms with Crippen LogP contribution in [0.4, 0.5) is 0 Å². The summed E-state index contributed by atoms with van der Waals surface area (Å²) in [4.78, 5) is 19.0. The summed E-state index contributed by atoms with van der Waals surface area (Å²) in [6, 6.07) is 28.1. The van der Waals surface area contributed by atoms with Crippen LogP contribution >= 0.6 is 0 Å². The van der Waals surface area contributed by atoms with Crippen molar-refractivity contribution >= 4 is 5.91 Å². The Morgan fingerprint density at radius 1 is 0.833 bits per heavy atom. The third-order valence-corrected chi connectivity index (χ3v) is 7.44. The number of amides is 1. The van der Waals surface area contributed by atoms with Crippen molar-refractivity contribution in [2.45, 2.75) is 63.8 Å². The van der Waals surface area contributed by atoms with E-state index in [-0.39, 0.29) is 5.91 Å². The number of nitrogens with zero attached hydrogens (tertiary/aromatic N) is 2. The van der Waals surface area contributed by atoms with Crippen LogP contribution in [0.15, 0.2) is 85.1 Å². The van der Waals surface area contributed by atoms with Gasteiger partial charge in [0, 0.05) is 24.9 Å². The van der Waals surface area contributed by atoms with Crippen molar-refractivity contribution in [1.82, 2.24) is 15.2 Å². The average Bonchev–Trinajstić information content (AvgIpc) is 2.94. The molecule has 1 fully saturated rings. The molecule has 1 aliphatic rings. The van der Waals surface area contributed by atoms with E-state index in [1.54, 1.807) is 6.20 Å². The Bertz CT molecular complexity index is 962. The number of likely N-dealkylation sites (tertiary alicyclic amines) is 1. The molecule has 0 radical (unpaired) electrons. The molecule has 4 rings (SSSR count). The minimum absolute atomic E-state index is 0.136. The zero-order valence-corrected chi connectivity index (χ0v) is 21.5. The second-order valence-electron chi connectivity index (χ2n) is 10.1. The maximum Gasteiger partial charge on any atom is 0.220 e. The third kappa shape index (κ3) is 8.30. The van der Waals surface area contributed by atoms with Crippen molar-refractivity contribution in [3.05, 3.63) is 102 Å². The molecule has 4 heteroatoms. The standard InChI is InChI=1S/C32H41N3O/c36-31(20-19-30-18-10-12-23-33-30)34-24-11-2-1-5-13-27-21-25-35(26-22-27)32(28-14-6-3-7-15-28)29-16-8-4-9-17-29/h3-4,6-10,12,14-18,23,27,32H,1-2,5,11,13,19-22,24-26H2,(H,34,36). The van der Waals surface area contributed by atoms with Crippen LogP contribution in [-0.2, 0) is 11.2 Å². The number of aryl methyl sites for hydroxylation is 1. The second-order valence-corrected chi connectivity index (χ2v) is 10.1. The minimum atomic E-state index is 0.136. The smallest absolute Gasteiger partial charge is 0.220 e. The van der Waals surface area contributed by atoms with Crippen molar-refractivity contribution in [1.29, 1.82) is 0 Å². The lowest BCUT2D eigenvalue weighted by Crippen LogP contribution is -2.37. The molecule has 0 aliphatic carbocycles. The molecule has 0 atom stereocenters. The molecular weight excluding hydrogens is 442 g/mol. The summed E-state index contributed by atoms with van der Waals surface area (Å²) in [6.07, 6.45) is 11.8. The summed E-state index contributed by atoms with van der Waals surface area (Å²) in [6.45, 7) is 3.13. The van der Waals surface area contributed by atoms with Gasteiger partial charge in [-0.05, 0) is 68.0 Å². The van der Waals surface area contributed by atoms with Crippen LogP contribution in [0.3, 0.4) is 0 Å². The Balaban J connectivity index is 1.09. The van der Waals surface area contributed by atoms with Gasteiger partial charge in [-0.2, -0.15) is 0 Å². The Hall–Kier alpha value is -2.98. The van der Waals surface area contributed by atoms with Gasteiger partial charge in [-0.1, -0.05) is 92.4 Å². The SMILES string of the molecule is O=C(CCc1ccccn1)NCCCCCCC1CCN(C(c2ccccc2)c2ccccc2)CC1. The van der Waals surface area contributed by atoms with Crippen LogP contribution in [-0.4, -0.2) is 35.4 Å². The van der Waals surface area contributed by atoms with Gasteiger partial charge in [0.25, 0.3) is 0 Å². The van der Waals surface area contributed by atoms with Crippen LogP contribution in [0, 0.1) is 5.92 Å². The van der Waals surface area contributed by atoms with Gasteiger partial charge < -0.3 is 5.32 Å². The minimum Gasteiger partial charge on any atom is -0.356 e. The first kappa shape index (κ1) is 26.1. The molecule has 4 nitrogen and oxygen atoms in total. The maximum atomic E-state index is 12.0. The zero-order chi connectivity index (χ0) is 24.8. The number of pyridine rings is 1. The zero-order valence-electron chi connectivity index (χ0n) is 21.5. The van der Waals surface area contributed by atoms with E-state index in [0.717, 1.165) is 24.6 Å². The number of carbonyl (C=O) groups excluding carboxylic acids is 1. The molecule has 1 aliphatic heterocycles. The summed E-state index contributed by atoms with van der Waals surface area (Å²) in [7, 11) is 0. The van der Waals surface area contributed by atoms with Crippen LogP contribution in [0.5, 0.6) is 0 Å². The van der Waals surface area contributed by atoms with Gasteiger partial charge in [0.2, 0.25) is 5.91 Å². The van der Waals surface area contributed by atoms with Crippen molar-refractivity contribution in [3.63, 3.8) is 0 Å². The van der Waals surface area contributed by atoms with Crippen LogP contribution in [0.1, 0.15) is 74.2 Å². The molecule has 1 N–H and O–H groups in total. The molecule has 0 saturated carbocycles. The first-order chi connectivity index (χ1) is 17.8. The summed E-state index contributed by atoms with van der Waals surface area (Å²) in [5.74, 6) is 0.983. The van der Waals surface area contributed by atoms with Gasteiger partial charge in [0.15, 0.2) is 0 Å². The maximum absolute atomic E-state index is 12.0. The van der Waals surface area contributed by atoms with Crippen LogP contribution in [0.25, 0.3) is 0 Å². The Morgan fingerprint density at radius 2 is 1.47 bits per heavy atom. The van der Waals surface area contributed by atoms with Crippen molar-refractivity contribution in [3.8, 4) is 0 Å². The monoisotopic (exact) mass is 483 g/mol. The Kier molecular flexibility index (Phi) is 10.5. The predicted molar refractivity (Wildman–Crippen MR) is 148 cm³/mol. The molecule has 0 unspecified atom stereocenters. The summed E-state index contributed by atoms with van der Waals surface area (Å²) in [5, 5.41) is 3.06. The highest BCUT2D eigenvalue weighted by Gasteiger charge is 2.27. The molecule has 1 amide bonds. The first-order valence-corrected chi connectivity index (χ1v) is 13.8. The van der Waals surface area contributed by atoms with Gasteiger partial charge >= 0.3 is 0 Å². The molecule has 1 saturated heterocycles. The summed E-state index contributed by atoms with van der Waals surface area (Å²) >= 11 is 0. The number of hydrogen-bond donors (Lipinski definition) is 1. The molecule has 0 spiro atoms. The number of piperidine rings is 1. The lowest BCUT2D eigenvalue weighted by Gasteiger charge is -2.38. The van der Waals surface area contributed by atoms with E-state index in [1.807, 2.05) is 18.2 Å². The Morgan fingerprint density at radius 3 is 2.11 bits per heavy atom. The van der Waals surface area contributed by atoms with Crippen LogP contribution in [0.2, 0.25) is 0 Å². The molecule has 0 bridgehead atoms. The van der Waals surface area contributed by atoms with Crippen molar-refractivity contribution < 1.29 is 4.79 Å². The number of unbranched alkanes of at least 4 members (excludes halogenated alkanes) is 3. The Labute approximate surface area is 217 Å². The highest BCUT2D eigenvalue weighted by atomic mass is 16.1. The van der Waals surface area contributed by atoms with Gasteiger partial charge in [0.05, 0.1) is 6.04 Å². The van der Waals surface area contributed by atoms with Crippen molar-refractivity contribution in [2.75, 3.05) is 19.6 Å². The van der Waals surface area contributed by atoms with Gasteiger partial charge in [-0.15, -0.1) is 0 Å². The first-order valence-electron chi connectivity index (χ1n) is 13.8. The molecule has 2 aromatic carbocycles. The second kappa shape index (κ2) is 14.5. The molecular formula is C32H41N3O. The topological polar surface area (TPSA) is 45.2 Å². The fourth-order valence-corrected chi connectivity index (χ4v) is 5.40. The lowest BCUT2D eigenvalue weighted by atomic mass is 9.88.